The molecule has 182 valence electrons. The number of hydrogen-bond donors (Lipinski definition) is 11. The van der Waals surface area contributed by atoms with E-state index < -0.39 is 105 Å². The molecule has 11 N–H and O–H groups in total. The molecule has 0 spiro atoms. The van der Waals surface area contributed by atoms with Crippen LogP contribution in [0.3, 0.4) is 0 Å². The Balaban J connectivity index is 2.08. The molecule has 13 atom stereocenters. The zero-order valence-electron chi connectivity index (χ0n) is 16.3. The molecule has 0 aliphatic carbocycles. The second-order valence-corrected chi connectivity index (χ2v) is 8.28. The molecule has 3 saturated heterocycles. The van der Waals surface area contributed by atoms with Crippen molar-refractivity contribution in [2.24, 2.45) is 0 Å². The molecule has 0 aromatic rings. The highest BCUT2D eigenvalue weighted by atomic mass is 16.6. The summed E-state index contributed by atoms with van der Waals surface area (Å²) < 4.78 is 15.8. The first kappa shape index (κ1) is 25.1. The quantitative estimate of drug-likeness (QED) is 0.187. The van der Waals surface area contributed by atoms with Gasteiger partial charge in [0.1, 0.15) is 67.1 Å². The maximum Gasteiger partial charge on any atom is 0.155 e. The van der Waals surface area contributed by atoms with E-state index in [1.54, 1.807) is 0 Å². The first-order valence-electron chi connectivity index (χ1n) is 9.77. The molecular weight excluding hydrogens is 428 g/mol. The van der Waals surface area contributed by atoms with E-state index in [1.165, 1.54) is 0 Å². The molecule has 31 heavy (non-hydrogen) atoms. The lowest BCUT2D eigenvalue weighted by molar-refractivity contribution is -0.386. The van der Waals surface area contributed by atoms with Gasteiger partial charge in [0, 0.05) is 0 Å². The van der Waals surface area contributed by atoms with Gasteiger partial charge >= 0.3 is 0 Å². The zero-order chi connectivity index (χ0) is 23.3. The van der Waals surface area contributed by atoms with Gasteiger partial charge in [-0.15, -0.1) is 0 Å². The van der Waals surface area contributed by atoms with Crippen molar-refractivity contribution in [2.45, 2.75) is 78.3 Å². The fraction of sp³-hybridized carbons (Fsp3) is 1.00. The van der Waals surface area contributed by atoms with E-state index in [-0.39, 0.29) is 0 Å². The van der Waals surface area contributed by atoms with E-state index in [4.69, 9.17) is 14.2 Å². The van der Waals surface area contributed by atoms with E-state index in [2.05, 4.69) is 0 Å². The fourth-order valence-corrected chi connectivity index (χ4v) is 4.55. The van der Waals surface area contributed by atoms with E-state index in [1.807, 2.05) is 0 Å². The van der Waals surface area contributed by atoms with Gasteiger partial charge in [-0.25, -0.2) is 0 Å². The minimum Gasteiger partial charge on any atom is -0.394 e. The Morgan fingerprint density at radius 2 is 1.26 bits per heavy atom. The molecule has 0 aromatic heterocycles. The van der Waals surface area contributed by atoms with Crippen LogP contribution in [0, 0.1) is 0 Å². The lowest BCUT2D eigenvalue weighted by atomic mass is 9.64. The van der Waals surface area contributed by atoms with Gasteiger partial charge in [-0.05, 0) is 0 Å². The first-order valence-corrected chi connectivity index (χ1v) is 9.77. The van der Waals surface area contributed by atoms with E-state index in [0.29, 0.717) is 0 Å². The molecule has 0 unspecified atom stereocenters. The van der Waals surface area contributed by atoms with Gasteiger partial charge in [-0.1, -0.05) is 0 Å². The van der Waals surface area contributed by atoms with Crippen molar-refractivity contribution in [1.29, 1.82) is 0 Å². The molecule has 0 radical (unpaired) electrons. The fourth-order valence-electron chi connectivity index (χ4n) is 4.55. The third kappa shape index (κ3) is 3.70. The zero-order valence-corrected chi connectivity index (χ0v) is 16.3. The van der Waals surface area contributed by atoms with Gasteiger partial charge in [0.25, 0.3) is 0 Å². The summed E-state index contributed by atoms with van der Waals surface area (Å²) in [5, 5.41) is 114. The van der Waals surface area contributed by atoms with Crippen molar-refractivity contribution < 1.29 is 70.4 Å². The third-order valence-corrected chi connectivity index (χ3v) is 6.49. The Labute approximate surface area is 176 Å². The molecule has 0 bridgehead atoms. The number of aliphatic hydroxyl groups is 11. The van der Waals surface area contributed by atoms with Crippen molar-refractivity contribution in [3.05, 3.63) is 0 Å². The predicted octanol–water partition coefficient (Wildman–Crippen LogP) is -7.48. The Morgan fingerprint density at radius 3 is 1.84 bits per heavy atom. The van der Waals surface area contributed by atoms with Crippen LogP contribution in [0.4, 0.5) is 0 Å². The molecule has 3 aliphatic rings. The summed E-state index contributed by atoms with van der Waals surface area (Å²) in [6.45, 7) is -3.23. The lowest BCUT2D eigenvalue weighted by Crippen LogP contribution is -2.84. The van der Waals surface area contributed by atoms with Crippen molar-refractivity contribution in [3.63, 3.8) is 0 Å². The standard InChI is InChI=1S/C17H30O14/c18-1-6-9(22)10(23)12(25)15(31-6)17(28)13(26)7(2-19)30-4-16(17,27)14-11(24)8(21)5(20)3-29-14/h5-15,18-28H,1-4H2/t5-,6+,7-,8+,9+,10-,11-,12+,13-,14-,15+,16-,17-/m1/s1. The molecule has 0 saturated carbocycles. The molecule has 14 nitrogen and oxygen atoms in total. The van der Waals surface area contributed by atoms with E-state index >= 15 is 0 Å². The monoisotopic (exact) mass is 458 g/mol. The number of aliphatic hydroxyl groups excluding tert-OH is 9. The normalized spacial score (nSPS) is 56.4. The SMILES string of the molecule is OC[C@@H]1O[C@H]([C@]2(O)[C@H](O)[C@@H](CO)OC[C@@]2(O)[C@@H]2OC[C@@H](O)[C@H](O)[C@H]2O)[C@@H](O)[C@H](O)[C@H]1O. The van der Waals surface area contributed by atoms with Gasteiger partial charge in [-0.3, -0.25) is 0 Å². The maximum atomic E-state index is 11.6. The predicted molar refractivity (Wildman–Crippen MR) is 94.3 cm³/mol. The molecule has 3 fully saturated rings. The second kappa shape index (κ2) is 9.00. The summed E-state index contributed by atoms with van der Waals surface area (Å²) in [6.07, 6.45) is -20.6. The third-order valence-electron chi connectivity index (χ3n) is 6.49. The Morgan fingerprint density at radius 1 is 0.677 bits per heavy atom. The van der Waals surface area contributed by atoms with Gasteiger partial charge < -0.3 is 70.4 Å². The van der Waals surface area contributed by atoms with Crippen molar-refractivity contribution in [1.82, 2.24) is 0 Å². The average molecular weight is 458 g/mol. The summed E-state index contributed by atoms with van der Waals surface area (Å²) >= 11 is 0. The Bertz CT molecular complexity index is 622. The summed E-state index contributed by atoms with van der Waals surface area (Å²) in [4.78, 5) is 0. The average Bonchev–Trinajstić information content (AvgIpc) is 2.74. The van der Waals surface area contributed by atoms with Crippen LogP contribution < -0.4 is 0 Å². The van der Waals surface area contributed by atoms with Gasteiger partial charge in [0.2, 0.25) is 0 Å². The molecule has 14 heteroatoms. The Hall–Kier alpha value is -0.560. The molecule has 3 rings (SSSR count). The van der Waals surface area contributed by atoms with Crippen LogP contribution in [0.1, 0.15) is 0 Å². The number of rotatable bonds is 4. The first-order chi connectivity index (χ1) is 14.4. The molecule has 0 aromatic carbocycles. The highest BCUT2D eigenvalue weighted by molar-refractivity contribution is 5.21. The van der Waals surface area contributed by atoms with E-state index in [0.717, 1.165) is 0 Å². The summed E-state index contributed by atoms with van der Waals surface area (Å²) in [6, 6.07) is 0. The smallest absolute Gasteiger partial charge is 0.155 e. The number of hydrogen-bond acceptors (Lipinski definition) is 14. The van der Waals surface area contributed by atoms with Crippen LogP contribution in [-0.2, 0) is 14.2 Å². The van der Waals surface area contributed by atoms with Gasteiger partial charge in [0.05, 0.1) is 26.4 Å². The Kier molecular flexibility index (Phi) is 7.28. The minimum atomic E-state index is -3.04. The van der Waals surface area contributed by atoms with Crippen molar-refractivity contribution in [2.75, 3.05) is 26.4 Å². The summed E-state index contributed by atoms with van der Waals surface area (Å²) in [5.74, 6) is 0. The van der Waals surface area contributed by atoms with Crippen LogP contribution in [0.15, 0.2) is 0 Å². The van der Waals surface area contributed by atoms with E-state index in [9.17, 15) is 56.2 Å². The van der Waals surface area contributed by atoms with Crippen LogP contribution in [0.25, 0.3) is 0 Å². The maximum absolute atomic E-state index is 11.6. The van der Waals surface area contributed by atoms with Crippen LogP contribution >= 0.6 is 0 Å². The lowest BCUT2D eigenvalue weighted by Gasteiger charge is -2.60. The highest BCUT2D eigenvalue weighted by Crippen LogP contribution is 2.46. The van der Waals surface area contributed by atoms with Crippen LogP contribution in [0.2, 0.25) is 0 Å². The largest absolute Gasteiger partial charge is 0.394 e. The molecule has 0 amide bonds. The van der Waals surface area contributed by atoms with Crippen molar-refractivity contribution in [3.8, 4) is 0 Å². The topological polar surface area (TPSA) is 250 Å². The second-order valence-electron chi connectivity index (χ2n) is 8.28. The van der Waals surface area contributed by atoms with Gasteiger partial charge in [-0.2, -0.15) is 0 Å². The molecular formula is C17H30O14. The summed E-state index contributed by atoms with van der Waals surface area (Å²) in [7, 11) is 0. The minimum absolute atomic E-state index is 0.588. The molecule has 3 aliphatic heterocycles. The number of ether oxygens (including phenoxy) is 3. The van der Waals surface area contributed by atoms with Crippen molar-refractivity contribution >= 4 is 0 Å². The highest BCUT2D eigenvalue weighted by Gasteiger charge is 2.72. The van der Waals surface area contributed by atoms with Crippen LogP contribution in [0.5, 0.6) is 0 Å². The van der Waals surface area contributed by atoms with Crippen LogP contribution in [-0.4, -0.2) is 161 Å². The molecule has 3 heterocycles. The summed E-state index contributed by atoms with van der Waals surface area (Å²) in [5.41, 5.74) is -5.88. The van der Waals surface area contributed by atoms with Gasteiger partial charge in [0.15, 0.2) is 11.2 Å².